The van der Waals surface area contributed by atoms with Gasteiger partial charge in [0.25, 0.3) is 17.5 Å². The number of anilines is 2. The molecule has 10 nitrogen and oxygen atoms in total. The Hall–Kier alpha value is -4.69. The van der Waals surface area contributed by atoms with Crippen LogP contribution in [-0.2, 0) is 9.59 Å². The number of aryl methyl sites for hydroxylation is 1. The first-order valence-corrected chi connectivity index (χ1v) is 12.1. The number of halogens is 1. The summed E-state index contributed by atoms with van der Waals surface area (Å²) < 4.78 is 11.8. The van der Waals surface area contributed by atoms with Gasteiger partial charge in [0.1, 0.15) is 11.6 Å². The summed E-state index contributed by atoms with van der Waals surface area (Å²) in [6.45, 7) is 3.74. The predicted molar refractivity (Wildman–Crippen MR) is 146 cm³/mol. The monoisotopic (exact) mass is 578 g/mol. The highest BCUT2D eigenvalue weighted by molar-refractivity contribution is 9.10. The van der Waals surface area contributed by atoms with Crippen LogP contribution in [0.3, 0.4) is 0 Å². The van der Waals surface area contributed by atoms with E-state index in [0.717, 1.165) is 5.56 Å². The molecule has 3 aromatic carbocycles. The highest BCUT2D eigenvalue weighted by Crippen LogP contribution is 2.37. The molecule has 0 radical (unpaired) electrons. The predicted octanol–water partition coefficient (Wildman–Crippen LogP) is 5.63. The van der Waals surface area contributed by atoms with Gasteiger partial charge in [-0.15, -0.1) is 0 Å². The molecule has 0 bridgehead atoms. The molecule has 0 aromatic heterocycles. The fraction of sp³-hybridized carbons (Fsp3) is 0.148. The third kappa shape index (κ3) is 7.65. The number of amides is 2. The molecule has 0 heterocycles. The first-order chi connectivity index (χ1) is 18.2. The molecule has 11 heteroatoms. The van der Waals surface area contributed by atoms with Crippen LogP contribution < -0.4 is 20.1 Å². The van der Waals surface area contributed by atoms with E-state index in [9.17, 15) is 25.0 Å². The lowest BCUT2D eigenvalue weighted by molar-refractivity contribution is -0.384. The van der Waals surface area contributed by atoms with Gasteiger partial charge in [0, 0.05) is 23.5 Å². The molecule has 0 aliphatic carbocycles. The van der Waals surface area contributed by atoms with Crippen LogP contribution in [0.4, 0.5) is 17.1 Å². The Balaban J connectivity index is 1.77. The Labute approximate surface area is 227 Å². The number of ether oxygens (including phenoxy) is 2. The van der Waals surface area contributed by atoms with Crippen LogP contribution in [0, 0.1) is 28.4 Å². The van der Waals surface area contributed by atoms with E-state index in [1.165, 1.54) is 30.3 Å². The van der Waals surface area contributed by atoms with Crippen LogP contribution in [0.2, 0.25) is 0 Å². The van der Waals surface area contributed by atoms with Gasteiger partial charge < -0.3 is 20.1 Å². The molecule has 0 aliphatic rings. The molecule has 0 saturated carbocycles. The van der Waals surface area contributed by atoms with Crippen molar-refractivity contribution in [1.82, 2.24) is 0 Å². The fourth-order valence-electron chi connectivity index (χ4n) is 3.26. The Morgan fingerprint density at radius 1 is 1.08 bits per heavy atom. The number of hydrogen-bond acceptors (Lipinski definition) is 7. The number of hydrogen-bond donors (Lipinski definition) is 2. The van der Waals surface area contributed by atoms with Crippen LogP contribution in [0.1, 0.15) is 18.1 Å². The smallest absolute Gasteiger partial charge is 0.271 e. The minimum absolute atomic E-state index is 0.175. The largest absolute Gasteiger partial charge is 0.490 e. The minimum Gasteiger partial charge on any atom is -0.490 e. The topological polar surface area (TPSA) is 144 Å². The molecule has 0 aliphatic heterocycles. The van der Waals surface area contributed by atoms with E-state index in [1.807, 2.05) is 25.1 Å². The molecule has 2 N–H and O–H groups in total. The van der Waals surface area contributed by atoms with Crippen LogP contribution in [-0.4, -0.2) is 30.0 Å². The number of nitro groups is 1. The summed E-state index contributed by atoms with van der Waals surface area (Å²) >= 11 is 3.40. The number of nitro benzene ring substituents is 1. The number of nitriles is 1. The maximum absolute atomic E-state index is 12.7. The molecule has 3 rings (SSSR count). The number of nitrogens with one attached hydrogen (secondary N) is 2. The summed E-state index contributed by atoms with van der Waals surface area (Å²) in [6.07, 6.45) is 1.34. The van der Waals surface area contributed by atoms with E-state index in [1.54, 1.807) is 31.2 Å². The molecule has 3 aromatic rings. The van der Waals surface area contributed by atoms with E-state index >= 15 is 0 Å². The summed E-state index contributed by atoms with van der Waals surface area (Å²) in [5.41, 5.74) is 1.90. The molecule has 0 unspecified atom stereocenters. The molecule has 0 atom stereocenters. The standard InChI is InChI=1S/C27H23BrN4O6/c1-3-37-24-13-18(11-19(15-29)27(34)31-21-5-4-6-22(14-21)32(35)36)12-23(28)26(24)38-16-25(33)30-20-9-7-17(2)8-10-20/h4-14H,3,16H2,1-2H3,(H,30,33)(H,31,34)/b19-11+. The maximum atomic E-state index is 12.7. The Kier molecular flexibility index (Phi) is 9.56. The van der Waals surface area contributed by atoms with Gasteiger partial charge in [-0.2, -0.15) is 5.26 Å². The van der Waals surface area contributed by atoms with Crippen LogP contribution in [0.15, 0.2) is 70.7 Å². The number of non-ortho nitro benzene ring substituents is 1. The van der Waals surface area contributed by atoms with Gasteiger partial charge in [0.15, 0.2) is 18.1 Å². The van der Waals surface area contributed by atoms with E-state index in [4.69, 9.17) is 9.47 Å². The van der Waals surface area contributed by atoms with Gasteiger partial charge in [-0.1, -0.05) is 23.8 Å². The van der Waals surface area contributed by atoms with Gasteiger partial charge in [0.05, 0.1) is 16.0 Å². The quantitative estimate of drug-likeness (QED) is 0.137. The Morgan fingerprint density at radius 2 is 1.82 bits per heavy atom. The number of carbonyl (C=O) groups is 2. The van der Waals surface area contributed by atoms with E-state index < -0.39 is 10.8 Å². The van der Waals surface area contributed by atoms with Crippen LogP contribution in [0.25, 0.3) is 6.08 Å². The summed E-state index contributed by atoms with van der Waals surface area (Å²) in [6, 6.07) is 17.7. The maximum Gasteiger partial charge on any atom is 0.271 e. The number of nitrogens with zero attached hydrogens (tertiary/aromatic N) is 2. The van der Waals surface area contributed by atoms with E-state index in [2.05, 4.69) is 26.6 Å². The van der Waals surface area contributed by atoms with Crippen LogP contribution in [0.5, 0.6) is 11.5 Å². The highest BCUT2D eigenvalue weighted by atomic mass is 79.9. The molecule has 38 heavy (non-hydrogen) atoms. The number of carbonyl (C=O) groups excluding carboxylic acids is 2. The van der Waals surface area contributed by atoms with Gasteiger partial charge >= 0.3 is 0 Å². The minimum atomic E-state index is -0.741. The van der Waals surface area contributed by atoms with Crippen molar-refractivity contribution in [3.63, 3.8) is 0 Å². The summed E-state index contributed by atoms with van der Waals surface area (Å²) in [4.78, 5) is 35.4. The molecular weight excluding hydrogens is 556 g/mol. The summed E-state index contributed by atoms with van der Waals surface area (Å²) in [7, 11) is 0. The van der Waals surface area contributed by atoms with Crippen molar-refractivity contribution >= 4 is 50.9 Å². The third-order valence-electron chi connectivity index (χ3n) is 5.01. The average Bonchev–Trinajstić information content (AvgIpc) is 2.88. The SMILES string of the molecule is CCOc1cc(/C=C(\C#N)C(=O)Nc2cccc([N+](=O)[O-])c2)cc(Br)c1OCC(=O)Nc1ccc(C)cc1. The van der Waals surface area contributed by atoms with Gasteiger partial charge in [-0.05, 0) is 71.7 Å². The molecule has 0 saturated heterocycles. The van der Waals surface area contributed by atoms with Gasteiger partial charge in [0.2, 0.25) is 0 Å². The average molecular weight is 579 g/mol. The Morgan fingerprint density at radius 3 is 2.47 bits per heavy atom. The molecule has 0 spiro atoms. The molecule has 0 fully saturated rings. The van der Waals surface area contributed by atoms with Crippen molar-refractivity contribution in [2.45, 2.75) is 13.8 Å². The van der Waals surface area contributed by atoms with Gasteiger partial charge in [-0.3, -0.25) is 19.7 Å². The zero-order chi connectivity index (χ0) is 27.7. The first-order valence-electron chi connectivity index (χ1n) is 11.3. The highest BCUT2D eigenvalue weighted by Gasteiger charge is 2.16. The zero-order valence-corrected chi connectivity index (χ0v) is 22.1. The van der Waals surface area contributed by atoms with Crippen molar-refractivity contribution in [2.75, 3.05) is 23.8 Å². The van der Waals surface area contributed by atoms with Crippen molar-refractivity contribution in [3.05, 3.63) is 92.0 Å². The summed E-state index contributed by atoms with van der Waals surface area (Å²) in [5.74, 6) is -0.526. The summed E-state index contributed by atoms with van der Waals surface area (Å²) in [5, 5.41) is 25.8. The normalized spacial score (nSPS) is 10.7. The van der Waals surface area contributed by atoms with E-state index in [0.29, 0.717) is 28.1 Å². The number of rotatable bonds is 10. The third-order valence-corrected chi connectivity index (χ3v) is 5.59. The second-order valence-electron chi connectivity index (χ2n) is 7.90. The Bertz CT molecular complexity index is 1430. The van der Waals surface area contributed by atoms with Crippen LogP contribution >= 0.6 is 15.9 Å². The molecule has 2 amide bonds. The molecular formula is C27H23BrN4O6. The molecule has 194 valence electrons. The van der Waals surface area contributed by atoms with Crippen molar-refractivity contribution in [3.8, 4) is 17.6 Å². The van der Waals surface area contributed by atoms with Crippen molar-refractivity contribution < 1.29 is 24.0 Å². The first kappa shape index (κ1) is 27.9. The lowest BCUT2D eigenvalue weighted by atomic mass is 10.1. The second-order valence-corrected chi connectivity index (χ2v) is 8.75. The zero-order valence-electron chi connectivity index (χ0n) is 20.5. The van der Waals surface area contributed by atoms with Crippen molar-refractivity contribution in [1.29, 1.82) is 5.26 Å². The van der Waals surface area contributed by atoms with Gasteiger partial charge in [-0.25, -0.2) is 0 Å². The number of benzene rings is 3. The second kappa shape index (κ2) is 13.0. The van der Waals surface area contributed by atoms with E-state index in [-0.39, 0.29) is 35.2 Å². The lowest BCUT2D eigenvalue weighted by Gasteiger charge is -2.15. The fourth-order valence-corrected chi connectivity index (χ4v) is 3.83. The van der Waals surface area contributed by atoms with Crippen molar-refractivity contribution in [2.24, 2.45) is 0 Å². The lowest BCUT2D eigenvalue weighted by Crippen LogP contribution is -2.20.